The number of ether oxygens (including phenoxy) is 1. The Bertz CT molecular complexity index is 639. The van der Waals surface area contributed by atoms with Crippen molar-refractivity contribution in [3.05, 3.63) is 23.8 Å². The van der Waals surface area contributed by atoms with Crippen molar-refractivity contribution < 1.29 is 17.9 Å². The lowest BCUT2D eigenvalue weighted by Gasteiger charge is -2.16. The minimum absolute atomic E-state index is 0.00425. The van der Waals surface area contributed by atoms with Crippen LogP contribution in [0.5, 0.6) is 5.75 Å². The number of hydrogen-bond acceptors (Lipinski definition) is 4. The van der Waals surface area contributed by atoms with E-state index in [2.05, 4.69) is 0 Å². The van der Waals surface area contributed by atoms with Crippen molar-refractivity contribution in [2.75, 3.05) is 0 Å². The largest absolute Gasteiger partial charge is 0.470 e. The van der Waals surface area contributed by atoms with Crippen LogP contribution in [0.3, 0.4) is 0 Å². The van der Waals surface area contributed by atoms with Gasteiger partial charge in [0.2, 0.25) is 14.8 Å². The summed E-state index contributed by atoms with van der Waals surface area (Å²) < 4.78 is 30.3. The van der Waals surface area contributed by atoms with Gasteiger partial charge in [-0.3, -0.25) is 4.79 Å². The third-order valence-electron chi connectivity index (χ3n) is 3.46. The summed E-state index contributed by atoms with van der Waals surface area (Å²) in [6.45, 7) is 3.02. The minimum atomic E-state index is -3.61. The highest BCUT2D eigenvalue weighted by molar-refractivity contribution is 7.93. The SMILES string of the molecule is CC1(C)Oc2cccc(C(=O)C3CC3)c2S1(=O)=O. The average molecular weight is 266 g/mol. The van der Waals surface area contributed by atoms with Gasteiger partial charge in [-0.25, -0.2) is 8.42 Å². The van der Waals surface area contributed by atoms with E-state index < -0.39 is 14.8 Å². The summed E-state index contributed by atoms with van der Waals surface area (Å²) >= 11 is 0. The molecule has 1 aromatic rings. The van der Waals surface area contributed by atoms with Crippen LogP contribution in [0.4, 0.5) is 0 Å². The number of carbonyl (C=O) groups is 1. The Labute approximate surface area is 106 Å². The molecule has 3 rings (SSSR count). The Hall–Kier alpha value is -1.36. The van der Waals surface area contributed by atoms with E-state index in [1.807, 2.05) is 0 Å². The van der Waals surface area contributed by atoms with Crippen LogP contribution in [0, 0.1) is 5.92 Å². The lowest BCUT2D eigenvalue weighted by atomic mass is 10.1. The van der Waals surface area contributed by atoms with Crippen molar-refractivity contribution in [3.63, 3.8) is 0 Å². The number of benzene rings is 1. The number of carbonyl (C=O) groups excluding carboxylic acids is 1. The molecule has 96 valence electrons. The minimum Gasteiger partial charge on any atom is -0.470 e. The fourth-order valence-electron chi connectivity index (χ4n) is 2.20. The van der Waals surface area contributed by atoms with Gasteiger partial charge in [-0.15, -0.1) is 0 Å². The Balaban J connectivity index is 2.23. The highest BCUT2D eigenvalue weighted by Crippen LogP contribution is 2.45. The molecule has 0 spiro atoms. The highest BCUT2D eigenvalue weighted by Gasteiger charge is 2.49. The van der Waals surface area contributed by atoms with Crippen molar-refractivity contribution in [2.24, 2.45) is 5.92 Å². The van der Waals surface area contributed by atoms with Crippen LogP contribution < -0.4 is 4.74 Å². The zero-order valence-corrected chi connectivity index (χ0v) is 11.1. The van der Waals surface area contributed by atoms with Gasteiger partial charge in [0.05, 0.1) is 0 Å². The van der Waals surface area contributed by atoms with Gasteiger partial charge in [0, 0.05) is 11.5 Å². The molecule has 1 fully saturated rings. The van der Waals surface area contributed by atoms with Gasteiger partial charge in [-0.05, 0) is 38.8 Å². The third kappa shape index (κ3) is 1.43. The molecule has 1 saturated carbocycles. The van der Waals surface area contributed by atoms with Crippen molar-refractivity contribution >= 4 is 15.6 Å². The van der Waals surface area contributed by atoms with E-state index in [0.29, 0.717) is 11.3 Å². The standard InChI is InChI=1S/C13H14O4S/c1-13(2)17-10-5-3-4-9(11(14)8-6-7-8)12(10)18(13,15)16/h3-5,8H,6-7H2,1-2H3. The number of Topliss-reactive ketones (excluding diaryl/α,β-unsaturated/α-hetero) is 1. The molecule has 1 aliphatic carbocycles. The van der Waals surface area contributed by atoms with E-state index in [1.54, 1.807) is 18.2 Å². The summed E-state index contributed by atoms with van der Waals surface area (Å²) in [4.78, 5) is 10.9. The van der Waals surface area contributed by atoms with Gasteiger partial charge in [-0.2, -0.15) is 0 Å². The molecule has 2 aliphatic rings. The molecule has 0 bridgehead atoms. The van der Waals surface area contributed by atoms with Gasteiger partial charge in [0.25, 0.3) is 0 Å². The Kier molecular flexibility index (Phi) is 2.18. The first-order valence-electron chi connectivity index (χ1n) is 5.95. The van der Waals surface area contributed by atoms with Gasteiger partial charge in [0.15, 0.2) is 5.78 Å². The first-order valence-corrected chi connectivity index (χ1v) is 7.44. The fourth-order valence-corrected chi connectivity index (χ4v) is 3.72. The van der Waals surface area contributed by atoms with E-state index in [9.17, 15) is 13.2 Å². The molecule has 0 N–H and O–H groups in total. The monoisotopic (exact) mass is 266 g/mol. The average Bonchev–Trinajstić information content (AvgIpc) is 3.07. The second-order valence-electron chi connectivity index (χ2n) is 5.28. The third-order valence-corrected chi connectivity index (χ3v) is 5.80. The summed E-state index contributed by atoms with van der Waals surface area (Å²) in [6, 6.07) is 4.86. The topological polar surface area (TPSA) is 60.4 Å². The molecule has 0 radical (unpaired) electrons. The first-order chi connectivity index (χ1) is 8.34. The van der Waals surface area contributed by atoms with E-state index in [0.717, 1.165) is 12.8 Å². The Morgan fingerprint density at radius 1 is 1.33 bits per heavy atom. The number of ketones is 1. The maximum absolute atomic E-state index is 12.4. The maximum atomic E-state index is 12.4. The van der Waals surface area contributed by atoms with Gasteiger partial charge in [0.1, 0.15) is 10.6 Å². The zero-order valence-electron chi connectivity index (χ0n) is 10.3. The zero-order chi connectivity index (χ0) is 13.1. The molecular formula is C13H14O4S. The molecule has 1 aromatic carbocycles. The van der Waals surface area contributed by atoms with Gasteiger partial charge < -0.3 is 4.74 Å². The van der Waals surface area contributed by atoms with E-state index in [-0.39, 0.29) is 16.6 Å². The van der Waals surface area contributed by atoms with Crippen molar-refractivity contribution in [1.82, 2.24) is 0 Å². The summed E-state index contributed by atoms with van der Waals surface area (Å²) in [5.74, 6) is 0.221. The number of hydrogen-bond donors (Lipinski definition) is 0. The maximum Gasteiger partial charge on any atom is 0.222 e. The molecule has 5 heteroatoms. The number of sulfone groups is 1. The van der Waals surface area contributed by atoms with Crippen LogP contribution in [0.2, 0.25) is 0 Å². The smallest absolute Gasteiger partial charge is 0.222 e. The molecule has 0 unspecified atom stereocenters. The van der Waals surface area contributed by atoms with Crippen molar-refractivity contribution in [1.29, 1.82) is 0 Å². The molecule has 0 aromatic heterocycles. The summed E-state index contributed by atoms with van der Waals surface area (Å²) in [6.07, 6.45) is 1.71. The predicted molar refractivity (Wildman–Crippen MR) is 65.4 cm³/mol. The van der Waals surface area contributed by atoms with Crippen LogP contribution in [0.15, 0.2) is 23.1 Å². The number of rotatable bonds is 2. The van der Waals surface area contributed by atoms with Crippen LogP contribution in [0.25, 0.3) is 0 Å². The van der Waals surface area contributed by atoms with Crippen molar-refractivity contribution in [2.45, 2.75) is 36.5 Å². The second kappa shape index (κ2) is 3.35. The van der Waals surface area contributed by atoms with Crippen LogP contribution in [0.1, 0.15) is 37.0 Å². The van der Waals surface area contributed by atoms with Gasteiger partial charge in [-0.1, -0.05) is 6.07 Å². The summed E-state index contributed by atoms with van der Waals surface area (Å²) in [5.41, 5.74) is 0.292. The van der Waals surface area contributed by atoms with Crippen LogP contribution in [-0.2, 0) is 9.84 Å². The number of fused-ring (bicyclic) bond motifs is 1. The predicted octanol–water partition coefficient (Wildman–Crippen LogP) is 2.18. The summed E-state index contributed by atoms with van der Waals surface area (Å²) in [7, 11) is -3.61. The molecule has 18 heavy (non-hydrogen) atoms. The van der Waals surface area contributed by atoms with E-state index in [1.165, 1.54) is 13.8 Å². The Morgan fingerprint density at radius 2 is 2.00 bits per heavy atom. The normalized spacial score (nSPS) is 23.2. The quantitative estimate of drug-likeness (QED) is 0.770. The van der Waals surface area contributed by atoms with Crippen LogP contribution in [-0.4, -0.2) is 19.1 Å². The van der Waals surface area contributed by atoms with E-state index in [4.69, 9.17) is 4.74 Å². The lowest BCUT2D eigenvalue weighted by molar-refractivity contribution is 0.0964. The van der Waals surface area contributed by atoms with Crippen LogP contribution >= 0.6 is 0 Å². The molecule has 1 aliphatic heterocycles. The molecule has 0 atom stereocenters. The lowest BCUT2D eigenvalue weighted by Crippen LogP contribution is -2.32. The highest BCUT2D eigenvalue weighted by atomic mass is 32.2. The molecule has 4 nitrogen and oxygen atoms in total. The van der Waals surface area contributed by atoms with E-state index >= 15 is 0 Å². The summed E-state index contributed by atoms with van der Waals surface area (Å²) in [5, 5.41) is 0. The fraction of sp³-hybridized carbons (Fsp3) is 0.462. The molecular weight excluding hydrogens is 252 g/mol. The van der Waals surface area contributed by atoms with Crippen molar-refractivity contribution in [3.8, 4) is 5.75 Å². The first kappa shape index (κ1) is 11.7. The van der Waals surface area contributed by atoms with Gasteiger partial charge >= 0.3 is 0 Å². The Morgan fingerprint density at radius 3 is 2.61 bits per heavy atom. The molecule has 0 amide bonds. The molecule has 1 heterocycles. The molecule has 0 saturated heterocycles. The second-order valence-corrected chi connectivity index (χ2v) is 7.67.